The van der Waals surface area contributed by atoms with Crippen molar-refractivity contribution in [1.29, 1.82) is 0 Å². The number of rotatable bonds is 18. The van der Waals surface area contributed by atoms with Gasteiger partial charge in [0.15, 0.2) is 6.29 Å². The maximum atomic E-state index is 6.91. The first kappa shape index (κ1) is 35.8. The molecule has 250 valence electrons. The lowest BCUT2D eigenvalue weighted by Gasteiger charge is -2.32. The Labute approximate surface area is 291 Å². The van der Waals surface area contributed by atoms with Crippen molar-refractivity contribution in [3.05, 3.63) is 172 Å². The van der Waals surface area contributed by atoms with Crippen LogP contribution in [0.5, 0.6) is 5.75 Å². The molecule has 0 aliphatic rings. The zero-order valence-corrected chi connectivity index (χ0v) is 29.5. The van der Waals surface area contributed by atoms with Crippen LogP contribution in [0.1, 0.15) is 53.3 Å². The second kappa shape index (κ2) is 18.9. The van der Waals surface area contributed by atoms with Crippen molar-refractivity contribution in [2.75, 3.05) is 13.3 Å². The Morgan fingerprint density at radius 2 is 1.19 bits per heavy atom. The molecular formula is C41H44ClO5P. The summed E-state index contributed by atoms with van der Waals surface area (Å²) in [6.45, 7) is 8.03. The molecular weight excluding hydrogens is 639 g/mol. The lowest BCUT2D eigenvalue weighted by atomic mass is 10.00. The first-order valence-corrected chi connectivity index (χ1v) is 18.5. The van der Waals surface area contributed by atoms with E-state index < -0.39 is 20.5 Å². The molecule has 7 heteroatoms. The molecule has 0 aliphatic heterocycles. The molecule has 5 aromatic rings. The van der Waals surface area contributed by atoms with Gasteiger partial charge in [0.1, 0.15) is 11.9 Å². The summed E-state index contributed by atoms with van der Waals surface area (Å²) < 4.78 is 32.0. The van der Waals surface area contributed by atoms with Crippen LogP contribution in [0.25, 0.3) is 0 Å². The van der Waals surface area contributed by atoms with Crippen LogP contribution in [0, 0.1) is 0 Å². The molecule has 0 saturated heterocycles. The fourth-order valence-corrected chi connectivity index (χ4v) is 6.23. The van der Waals surface area contributed by atoms with Gasteiger partial charge < -0.3 is 23.5 Å². The van der Waals surface area contributed by atoms with Crippen LogP contribution < -0.4 is 4.74 Å². The quantitative estimate of drug-likeness (QED) is 0.0680. The largest absolute Gasteiger partial charge is 0.494 e. The number of benzene rings is 5. The van der Waals surface area contributed by atoms with E-state index in [-0.39, 0.29) is 5.85 Å². The Bertz CT molecular complexity index is 1590. The summed E-state index contributed by atoms with van der Waals surface area (Å²) in [5.41, 5.74) is 6.27. The molecule has 0 aliphatic carbocycles. The van der Waals surface area contributed by atoms with Gasteiger partial charge in [0.25, 0.3) is 0 Å². The standard InChI is InChI=1S/C41H44ClO5P/c1-4-43-38-23-20-32(21-24-38)26-37-27-36(22-25-39(37)42)40(47-31(2)48(3)46-30-35-18-12-7-13-19-35)41(44-28-33-14-8-5-9-15-33)45-29-34-16-10-6-11-17-34/h5-25,27,31,40-41H,4,26,28-30H2,1-3H3. The fourth-order valence-electron chi connectivity index (χ4n) is 5.18. The van der Waals surface area contributed by atoms with Crippen LogP contribution >= 0.6 is 19.7 Å². The fraction of sp³-hybridized carbons (Fsp3) is 0.268. The lowest BCUT2D eigenvalue weighted by Crippen LogP contribution is -2.30. The maximum absolute atomic E-state index is 6.91. The highest BCUT2D eigenvalue weighted by Crippen LogP contribution is 2.43. The summed E-state index contributed by atoms with van der Waals surface area (Å²) in [5, 5.41) is 0.690. The smallest absolute Gasteiger partial charge is 0.188 e. The van der Waals surface area contributed by atoms with Gasteiger partial charge in [0, 0.05) is 5.02 Å². The van der Waals surface area contributed by atoms with Crippen molar-refractivity contribution in [1.82, 2.24) is 0 Å². The molecule has 0 heterocycles. The molecule has 3 unspecified atom stereocenters. The Hall–Kier alpha value is -3.54. The van der Waals surface area contributed by atoms with Crippen molar-refractivity contribution >= 4 is 19.7 Å². The van der Waals surface area contributed by atoms with Gasteiger partial charge in [-0.3, -0.25) is 0 Å². The minimum Gasteiger partial charge on any atom is -0.494 e. The Kier molecular flexibility index (Phi) is 14.0. The Morgan fingerprint density at radius 1 is 0.646 bits per heavy atom. The highest BCUT2D eigenvalue weighted by atomic mass is 35.5. The average molecular weight is 683 g/mol. The van der Waals surface area contributed by atoms with Crippen molar-refractivity contribution < 1.29 is 23.5 Å². The molecule has 0 fully saturated rings. The van der Waals surface area contributed by atoms with Crippen LogP contribution in [-0.4, -0.2) is 25.4 Å². The van der Waals surface area contributed by atoms with Crippen LogP contribution in [0.3, 0.4) is 0 Å². The van der Waals surface area contributed by atoms with E-state index in [4.69, 9.17) is 35.1 Å². The van der Waals surface area contributed by atoms with E-state index in [0.717, 1.165) is 39.1 Å². The first-order chi connectivity index (χ1) is 23.5. The monoisotopic (exact) mass is 682 g/mol. The third-order valence-corrected chi connectivity index (χ3v) is 9.97. The molecule has 0 radical (unpaired) electrons. The van der Waals surface area contributed by atoms with Gasteiger partial charge in [0.05, 0.1) is 40.4 Å². The summed E-state index contributed by atoms with van der Waals surface area (Å²) in [6.07, 6.45) is -0.624. The molecule has 0 amide bonds. The van der Waals surface area contributed by atoms with E-state index >= 15 is 0 Å². The van der Waals surface area contributed by atoms with Crippen molar-refractivity contribution in [3.8, 4) is 5.75 Å². The predicted molar refractivity (Wildman–Crippen MR) is 195 cm³/mol. The molecule has 5 rings (SSSR count). The Morgan fingerprint density at radius 3 is 1.73 bits per heavy atom. The van der Waals surface area contributed by atoms with E-state index in [9.17, 15) is 0 Å². The van der Waals surface area contributed by atoms with Gasteiger partial charge in [-0.05, 0) is 78.5 Å². The summed E-state index contributed by atoms with van der Waals surface area (Å²) >= 11 is 6.80. The molecule has 3 atom stereocenters. The van der Waals surface area contributed by atoms with E-state index in [1.807, 2.05) is 110 Å². The van der Waals surface area contributed by atoms with Crippen molar-refractivity contribution in [2.24, 2.45) is 0 Å². The number of halogens is 1. The summed E-state index contributed by atoms with van der Waals surface area (Å²) in [6, 6.07) is 44.6. The number of hydrogen-bond acceptors (Lipinski definition) is 5. The molecule has 0 aromatic heterocycles. The van der Waals surface area contributed by atoms with Gasteiger partial charge in [-0.15, -0.1) is 0 Å². The minimum atomic E-state index is -0.951. The van der Waals surface area contributed by atoms with Gasteiger partial charge in [0.2, 0.25) is 0 Å². The zero-order valence-electron chi connectivity index (χ0n) is 27.8. The molecule has 5 nitrogen and oxygen atoms in total. The topological polar surface area (TPSA) is 46.2 Å². The molecule has 0 spiro atoms. The molecule has 0 bridgehead atoms. The second-order valence-corrected chi connectivity index (χ2v) is 14.0. The van der Waals surface area contributed by atoms with E-state index in [0.29, 0.717) is 37.9 Å². The van der Waals surface area contributed by atoms with Gasteiger partial charge >= 0.3 is 0 Å². The minimum absolute atomic E-state index is 0.220. The summed E-state index contributed by atoms with van der Waals surface area (Å²) in [7, 11) is -0.951. The van der Waals surface area contributed by atoms with E-state index in [2.05, 4.69) is 43.9 Å². The van der Waals surface area contributed by atoms with Crippen LogP contribution in [0.2, 0.25) is 5.02 Å². The summed E-state index contributed by atoms with van der Waals surface area (Å²) in [5.74, 6) is 0.630. The SMILES string of the molecule is CCOc1ccc(Cc2cc(C(OC(C)P(C)OCc3ccccc3)C(OCc3ccccc3)OCc3ccccc3)ccc2Cl)cc1. The molecule has 5 aromatic carbocycles. The van der Waals surface area contributed by atoms with Gasteiger partial charge in [-0.2, -0.15) is 0 Å². The predicted octanol–water partition coefficient (Wildman–Crippen LogP) is 10.7. The second-order valence-electron chi connectivity index (χ2n) is 11.5. The normalized spacial score (nSPS) is 13.3. The third kappa shape index (κ3) is 11.0. The van der Waals surface area contributed by atoms with Gasteiger partial charge in [-0.1, -0.05) is 127 Å². The van der Waals surface area contributed by atoms with E-state index in [1.54, 1.807) is 0 Å². The van der Waals surface area contributed by atoms with Gasteiger partial charge in [-0.25, -0.2) is 0 Å². The number of hydrogen-bond donors (Lipinski definition) is 0. The van der Waals surface area contributed by atoms with Crippen LogP contribution in [0.4, 0.5) is 0 Å². The first-order valence-electron chi connectivity index (χ1n) is 16.3. The van der Waals surface area contributed by atoms with Crippen molar-refractivity contribution in [3.63, 3.8) is 0 Å². The Balaban J connectivity index is 1.43. The molecule has 0 saturated carbocycles. The summed E-state index contributed by atoms with van der Waals surface area (Å²) in [4.78, 5) is 0. The third-order valence-electron chi connectivity index (χ3n) is 7.92. The van der Waals surface area contributed by atoms with Crippen molar-refractivity contribution in [2.45, 2.75) is 58.3 Å². The lowest BCUT2D eigenvalue weighted by molar-refractivity contribution is -0.223. The van der Waals surface area contributed by atoms with Crippen LogP contribution in [0.15, 0.2) is 133 Å². The zero-order chi connectivity index (χ0) is 33.6. The molecule has 0 N–H and O–H groups in total. The van der Waals surface area contributed by atoms with E-state index in [1.165, 1.54) is 0 Å². The van der Waals surface area contributed by atoms with Crippen LogP contribution in [-0.2, 0) is 45.0 Å². The average Bonchev–Trinajstić information content (AvgIpc) is 3.13. The highest BCUT2D eigenvalue weighted by molar-refractivity contribution is 7.52. The highest BCUT2D eigenvalue weighted by Gasteiger charge is 2.31. The maximum Gasteiger partial charge on any atom is 0.188 e. The molecule has 48 heavy (non-hydrogen) atoms. The number of ether oxygens (including phenoxy) is 4.